The summed E-state index contributed by atoms with van der Waals surface area (Å²) in [6.45, 7) is 2.79. The van der Waals surface area contributed by atoms with Gasteiger partial charge in [-0.1, -0.05) is 24.3 Å². The van der Waals surface area contributed by atoms with Gasteiger partial charge in [0.25, 0.3) is 0 Å². The number of anilines is 1. The maximum absolute atomic E-state index is 13.4. The molecule has 0 spiro atoms. The van der Waals surface area contributed by atoms with Gasteiger partial charge < -0.3 is 21.1 Å². The molecule has 1 aliphatic rings. The summed E-state index contributed by atoms with van der Waals surface area (Å²) in [5, 5.41) is 0. The SMILES string of the molecule is COC1CCN=C(N)N(C)C(Cc2ccc(-c3ccc(F)c(N)c3)cc2C)C1. The molecule has 0 radical (unpaired) electrons. The van der Waals surface area contributed by atoms with Gasteiger partial charge in [-0.15, -0.1) is 0 Å². The van der Waals surface area contributed by atoms with Crippen molar-refractivity contribution in [2.24, 2.45) is 10.7 Å². The summed E-state index contributed by atoms with van der Waals surface area (Å²) in [6, 6.07) is 11.4. The van der Waals surface area contributed by atoms with Crippen molar-refractivity contribution in [3.8, 4) is 11.1 Å². The van der Waals surface area contributed by atoms with Gasteiger partial charge in [0.05, 0.1) is 11.8 Å². The van der Waals surface area contributed by atoms with Crippen LogP contribution in [-0.2, 0) is 11.2 Å². The summed E-state index contributed by atoms with van der Waals surface area (Å²) in [5.74, 6) is 0.187. The molecule has 0 saturated heterocycles. The number of guanidine groups is 1. The van der Waals surface area contributed by atoms with E-state index in [1.165, 1.54) is 17.2 Å². The Morgan fingerprint density at radius 2 is 1.89 bits per heavy atom. The van der Waals surface area contributed by atoms with Crippen LogP contribution in [0.25, 0.3) is 11.1 Å². The normalized spacial score (nSPS) is 20.4. The zero-order valence-corrected chi connectivity index (χ0v) is 16.8. The van der Waals surface area contributed by atoms with Crippen molar-refractivity contribution in [1.29, 1.82) is 0 Å². The van der Waals surface area contributed by atoms with Gasteiger partial charge in [-0.2, -0.15) is 0 Å². The number of ether oxygens (including phenoxy) is 1. The zero-order chi connectivity index (χ0) is 20.3. The number of aryl methyl sites for hydroxylation is 1. The number of nitrogens with zero attached hydrogens (tertiary/aromatic N) is 2. The summed E-state index contributed by atoms with van der Waals surface area (Å²) in [6.07, 6.45) is 2.81. The molecule has 2 unspecified atom stereocenters. The predicted octanol–water partition coefficient (Wildman–Crippen LogP) is 3.35. The maximum atomic E-state index is 13.4. The highest BCUT2D eigenvalue weighted by atomic mass is 19.1. The van der Waals surface area contributed by atoms with E-state index >= 15 is 0 Å². The minimum Gasteiger partial charge on any atom is -0.396 e. The van der Waals surface area contributed by atoms with E-state index in [1.54, 1.807) is 19.2 Å². The molecular formula is C22H29FN4O. The highest BCUT2D eigenvalue weighted by molar-refractivity contribution is 5.78. The summed E-state index contributed by atoms with van der Waals surface area (Å²) < 4.78 is 19.1. The number of rotatable bonds is 4. The Morgan fingerprint density at radius 1 is 1.18 bits per heavy atom. The van der Waals surface area contributed by atoms with Gasteiger partial charge in [0, 0.05) is 26.7 Å². The Bertz CT molecular complexity index is 868. The van der Waals surface area contributed by atoms with E-state index in [2.05, 4.69) is 35.0 Å². The predicted molar refractivity (Wildman–Crippen MR) is 113 cm³/mol. The highest BCUT2D eigenvalue weighted by Gasteiger charge is 2.24. The van der Waals surface area contributed by atoms with Gasteiger partial charge >= 0.3 is 0 Å². The van der Waals surface area contributed by atoms with Crippen molar-refractivity contribution < 1.29 is 9.13 Å². The lowest BCUT2D eigenvalue weighted by Gasteiger charge is -2.34. The van der Waals surface area contributed by atoms with E-state index in [9.17, 15) is 4.39 Å². The molecule has 5 nitrogen and oxygen atoms in total. The third kappa shape index (κ3) is 4.44. The van der Waals surface area contributed by atoms with Crippen molar-refractivity contribution in [2.75, 3.05) is 26.4 Å². The lowest BCUT2D eigenvalue weighted by Crippen LogP contribution is -2.46. The summed E-state index contributed by atoms with van der Waals surface area (Å²) >= 11 is 0. The molecule has 0 amide bonds. The second kappa shape index (κ2) is 8.61. The lowest BCUT2D eigenvalue weighted by atomic mass is 9.93. The van der Waals surface area contributed by atoms with Crippen molar-refractivity contribution in [3.05, 3.63) is 53.3 Å². The van der Waals surface area contributed by atoms with Gasteiger partial charge in [0.15, 0.2) is 5.96 Å². The standard InChI is InChI=1S/C22H29FN4O/c1-14-10-16(17-6-7-20(23)21(24)12-17)5-4-15(14)11-18-13-19(28-3)8-9-26-22(25)27(18)2/h4-7,10,12,18-19H,8-9,11,13,24H2,1-3H3,(H2,25,26). The van der Waals surface area contributed by atoms with Crippen LogP contribution in [0.1, 0.15) is 24.0 Å². The summed E-state index contributed by atoms with van der Waals surface area (Å²) in [4.78, 5) is 6.50. The molecule has 0 saturated carbocycles. The van der Waals surface area contributed by atoms with E-state index in [0.717, 1.165) is 30.4 Å². The molecule has 1 aliphatic heterocycles. The summed E-state index contributed by atoms with van der Waals surface area (Å²) in [7, 11) is 3.75. The van der Waals surface area contributed by atoms with Crippen LogP contribution in [0.3, 0.4) is 0 Å². The van der Waals surface area contributed by atoms with Gasteiger partial charge in [-0.25, -0.2) is 4.39 Å². The average Bonchev–Trinajstić information content (AvgIpc) is 2.68. The quantitative estimate of drug-likeness (QED) is 0.793. The largest absolute Gasteiger partial charge is 0.396 e. The Balaban J connectivity index is 1.84. The third-order valence-corrected chi connectivity index (χ3v) is 5.63. The zero-order valence-electron chi connectivity index (χ0n) is 16.8. The van der Waals surface area contributed by atoms with Crippen LogP contribution in [0, 0.1) is 12.7 Å². The number of nitrogen functional groups attached to an aromatic ring is 1. The van der Waals surface area contributed by atoms with E-state index in [1.807, 2.05) is 7.05 Å². The van der Waals surface area contributed by atoms with Crippen LogP contribution < -0.4 is 11.5 Å². The molecule has 2 aromatic rings. The number of hydrogen-bond acceptors (Lipinski definition) is 5. The van der Waals surface area contributed by atoms with Crippen LogP contribution in [0.15, 0.2) is 41.4 Å². The molecule has 28 heavy (non-hydrogen) atoms. The highest BCUT2D eigenvalue weighted by Crippen LogP contribution is 2.27. The fraction of sp³-hybridized carbons (Fsp3) is 0.409. The minimum atomic E-state index is -0.392. The molecule has 0 bridgehead atoms. The summed E-state index contributed by atoms with van der Waals surface area (Å²) in [5.41, 5.74) is 16.4. The molecule has 3 rings (SSSR count). The Labute approximate surface area is 166 Å². The Kier molecular flexibility index (Phi) is 6.19. The number of halogens is 1. The van der Waals surface area contributed by atoms with Crippen LogP contribution in [0.2, 0.25) is 0 Å². The molecule has 6 heteroatoms. The molecule has 4 N–H and O–H groups in total. The Hall–Kier alpha value is -2.60. The number of likely N-dealkylation sites (N-methyl/N-ethyl adjacent to an activating group) is 1. The molecular weight excluding hydrogens is 355 g/mol. The molecule has 0 fully saturated rings. The Morgan fingerprint density at radius 3 is 2.57 bits per heavy atom. The first-order valence-electron chi connectivity index (χ1n) is 9.59. The van der Waals surface area contributed by atoms with Crippen LogP contribution >= 0.6 is 0 Å². The first kappa shape index (κ1) is 20.1. The van der Waals surface area contributed by atoms with Gasteiger partial charge in [-0.05, 0) is 60.6 Å². The van der Waals surface area contributed by atoms with Crippen molar-refractivity contribution in [3.63, 3.8) is 0 Å². The van der Waals surface area contributed by atoms with Gasteiger partial charge in [-0.3, -0.25) is 4.99 Å². The molecule has 2 aromatic carbocycles. The molecule has 0 aromatic heterocycles. The fourth-order valence-corrected chi connectivity index (χ4v) is 3.72. The number of hydrogen-bond donors (Lipinski definition) is 2. The second-order valence-electron chi connectivity index (χ2n) is 7.47. The number of benzene rings is 2. The van der Waals surface area contributed by atoms with Gasteiger partial charge in [0.1, 0.15) is 5.82 Å². The average molecular weight is 384 g/mol. The first-order chi connectivity index (χ1) is 13.4. The fourth-order valence-electron chi connectivity index (χ4n) is 3.72. The monoisotopic (exact) mass is 384 g/mol. The van der Waals surface area contributed by atoms with E-state index in [4.69, 9.17) is 16.2 Å². The van der Waals surface area contributed by atoms with Crippen LogP contribution in [-0.4, -0.2) is 43.7 Å². The lowest BCUT2D eigenvalue weighted by molar-refractivity contribution is 0.0691. The minimum absolute atomic E-state index is 0.163. The number of aliphatic imine (C=N–C) groups is 1. The molecule has 0 aliphatic carbocycles. The van der Waals surface area contributed by atoms with Crippen molar-refractivity contribution in [1.82, 2.24) is 4.90 Å². The van der Waals surface area contributed by atoms with Gasteiger partial charge in [0.2, 0.25) is 0 Å². The van der Waals surface area contributed by atoms with Crippen LogP contribution in [0.5, 0.6) is 0 Å². The molecule has 150 valence electrons. The van der Waals surface area contributed by atoms with Crippen molar-refractivity contribution >= 4 is 11.6 Å². The molecule has 2 atom stereocenters. The van der Waals surface area contributed by atoms with Crippen LogP contribution in [0.4, 0.5) is 10.1 Å². The molecule has 1 heterocycles. The number of nitrogens with two attached hydrogens (primary N) is 2. The topological polar surface area (TPSA) is 76.9 Å². The third-order valence-electron chi connectivity index (χ3n) is 5.63. The first-order valence-corrected chi connectivity index (χ1v) is 9.59. The van der Waals surface area contributed by atoms with E-state index in [0.29, 0.717) is 12.5 Å². The second-order valence-corrected chi connectivity index (χ2v) is 7.47. The van der Waals surface area contributed by atoms with Crippen molar-refractivity contribution in [2.45, 2.75) is 38.3 Å². The number of methoxy groups -OCH3 is 1. The smallest absolute Gasteiger partial charge is 0.191 e. The maximum Gasteiger partial charge on any atom is 0.191 e. The van der Waals surface area contributed by atoms with E-state index in [-0.39, 0.29) is 17.8 Å². The van der Waals surface area contributed by atoms with E-state index < -0.39 is 5.82 Å².